The number of sulfonamides is 1. The van der Waals surface area contributed by atoms with Crippen LogP contribution in [0.1, 0.15) is 77.0 Å². The first-order chi connectivity index (χ1) is 17.9. The molecule has 0 aliphatic carbocycles. The maximum absolute atomic E-state index is 14.4. The first-order valence-electron chi connectivity index (χ1n) is 13.3. The minimum absolute atomic E-state index is 0.0143. The van der Waals surface area contributed by atoms with Crippen LogP contribution in [0.4, 0.5) is 0 Å². The number of hydrogen-bond donors (Lipinski definition) is 0. The number of allylic oxidation sites excluding steroid dienone is 1. The molecule has 1 amide bonds. The zero-order chi connectivity index (χ0) is 28.3. The molecule has 0 aromatic heterocycles. The van der Waals surface area contributed by atoms with E-state index >= 15 is 0 Å². The van der Waals surface area contributed by atoms with Crippen LogP contribution in [0, 0.1) is 5.41 Å². The average molecular weight is 580 g/mol. The van der Waals surface area contributed by atoms with Crippen molar-refractivity contribution in [3.05, 3.63) is 82.4 Å². The molecule has 1 fully saturated rings. The Morgan fingerprint density at radius 2 is 1.76 bits per heavy atom. The zero-order valence-electron chi connectivity index (χ0n) is 23.0. The van der Waals surface area contributed by atoms with Crippen molar-refractivity contribution in [1.29, 1.82) is 0 Å². The molecule has 2 aromatic carbocycles. The summed E-state index contributed by atoms with van der Waals surface area (Å²) in [5, 5.41) is 0.707. The Balaban J connectivity index is 2.23. The molecule has 8 heteroatoms. The number of piperidine rings is 1. The number of amides is 1. The lowest BCUT2D eigenvalue weighted by molar-refractivity contribution is -0.154. The van der Waals surface area contributed by atoms with Gasteiger partial charge in [-0.3, -0.25) is 4.79 Å². The lowest BCUT2D eigenvalue weighted by Gasteiger charge is -2.52. The molecular weight excluding hydrogens is 539 g/mol. The number of carbonyl (C=O) groups is 1. The molecule has 0 radical (unpaired) electrons. The minimum Gasteiger partial charge on any atom is -0.330 e. The first-order valence-corrected chi connectivity index (χ1v) is 15.6. The topological polar surface area (TPSA) is 57.7 Å². The van der Waals surface area contributed by atoms with Crippen molar-refractivity contribution in [2.24, 2.45) is 5.41 Å². The van der Waals surface area contributed by atoms with Crippen LogP contribution in [0.15, 0.2) is 61.2 Å². The lowest BCUT2D eigenvalue weighted by Crippen LogP contribution is -2.58. The summed E-state index contributed by atoms with van der Waals surface area (Å²) in [4.78, 5) is 16.4. The number of nitrogens with zero attached hydrogens (tertiary/aromatic N) is 2. The van der Waals surface area contributed by atoms with E-state index in [0.29, 0.717) is 35.9 Å². The maximum atomic E-state index is 14.4. The van der Waals surface area contributed by atoms with Gasteiger partial charge in [-0.15, -0.1) is 6.58 Å². The number of carbonyl (C=O) groups excluding carboxylic acids is 1. The molecule has 38 heavy (non-hydrogen) atoms. The number of halogens is 2. The maximum Gasteiger partial charge on any atom is 0.229 e. The van der Waals surface area contributed by atoms with E-state index in [1.165, 1.54) is 4.31 Å². The van der Waals surface area contributed by atoms with Gasteiger partial charge in [0.2, 0.25) is 15.9 Å². The van der Waals surface area contributed by atoms with Gasteiger partial charge in [0, 0.05) is 35.1 Å². The number of hydrogen-bond acceptors (Lipinski definition) is 3. The van der Waals surface area contributed by atoms with Gasteiger partial charge in [-0.25, -0.2) is 8.42 Å². The molecule has 0 bridgehead atoms. The van der Waals surface area contributed by atoms with Gasteiger partial charge in [0.1, 0.15) is 0 Å². The summed E-state index contributed by atoms with van der Waals surface area (Å²) in [5.41, 5.74) is 1.31. The fourth-order valence-corrected chi connectivity index (χ4v) is 7.31. The molecule has 0 saturated carbocycles. The quantitative estimate of drug-likeness (QED) is 0.260. The van der Waals surface area contributed by atoms with Gasteiger partial charge in [0.15, 0.2) is 0 Å². The standard InChI is InChI=1S/C30H40Cl2N2O3S/c1-7-17-30(6)19-27(23-11-10-12-25(32)18-23)28(22-13-15-24(31)16-14-22)34(29(30)35)26(8-2)20-33(9-3)38(36,37)21(4)5/h7,10-16,18,21,26-28H,1,8-9,17,19-20H2,2-6H3/t26?,27-,28-,30+/m1/s1. The Hall–Kier alpha value is -1.86. The highest BCUT2D eigenvalue weighted by Gasteiger charge is 2.51. The van der Waals surface area contributed by atoms with Gasteiger partial charge >= 0.3 is 0 Å². The molecule has 2 aromatic rings. The van der Waals surface area contributed by atoms with Gasteiger partial charge in [0.05, 0.1) is 16.7 Å². The fourth-order valence-electron chi connectivity index (χ4n) is 5.65. The van der Waals surface area contributed by atoms with Crippen LogP contribution in [0.25, 0.3) is 0 Å². The van der Waals surface area contributed by atoms with E-state index in [4.69, 9.17) is 23.2 Å². The van der Waals surface area contributed by atoms with Gasteiger partial charge in [-0.2, -0.15) is 4.31 Å². The van der Waals surface area contributed by atoms with Crippen molar-refractivity contribution >= 4 is 39.1 Å². The van der Waals surface area contributed by atoms with Gasteiger partial charge in [0.25, 0.3) is 0 Å². The smallest absolute Gasteiger partial charge is 0.229 e. The van der Waals surface area contributed by atoms with Crippen LogP contribution in [-0.2, 0) is 14.8 Å². The predicted molar refractivity (Wildman–Crippen MR) is 158 cm³/mol. The summed E-state index contributed by atoms with van der Waals surface area (Å²) in [7, 11) is -3.50. The third kappa shape index (κ3) is 6.30. The molecule has 1 saturated heterocycles. The molecule has 208 valence electrons. The van der Waals surface area contributed by atoms with E-state index < -0.39 is 20.7 Å². The summed E-state index contributed by atoms with van der Waals surface area (Å²) < 4.78 is 27.9. The highest BCUT2D eigenvalue weighted by atomic mass is 35.5. The molecule has 0 N–H and O–H groups in total. The Morgan fingerprint density at radius 3 is 2.29 bits per heavy atom. The van der Waals surface area contributed by atoms with Gasteiger partial charge < -0.3 is 4.90 Å². The molecule has 1 unspecified atom stereocenters. The summed E-state index contributed by atoms with van der Waals surface area (Å²) in [6, 6.07) is 14.8. The van der Waals surface area contributed by atoms with Crippen LogP contribution in [0.3, 0.4) is 0 Å². The molecule has 1 heterocycles. The summed E-state index contributed by atoms with van der Waals surface area (Å²) in [6.07, 6.45) is 3.54. The summed E-state index contributed by atoms with van der Waals surface area (Å²) >= 11 is 12.7. The van der Waals surface area contributed by atoms with Crippen molar-refractivity contribution < 1.29 is 13.2 Å². The highest BCUT2D eigenvalue weighted by Crippen LogP contribution is 2.52. The van der Waals surface area contributed by atoms with E-state index in [2.05, 4.69) is 12.6 Å². The van der Waals surface area contributed by atoms with Crippen molar-refractivity contribution in [3.8, 4) is 0 Å². The van der Waals surface area contributed by atoms with Crippen molar-refractivity contribution in [1.82, 2.24) is 9.21 Å². The third-order valence-electron chi connectivity index (χ3n) is 7.77. The Labute approximate surface area is 238 Å². The fraction of sp³-hybridized carbons (Fsp3) is 0.500. The van der Waals surface area contributed by atoms with Crippen LogP contribution >= 0.6 is 23.2 Å². The Bertz CT molecular complexity index is 1230. The zero-order valence-corrected chi connectivity index (χ0v) is 25.4. The molecule has 5 nitrogen and oxygen atoms in total. The predicted octanol–water partition coefficient (Wildman–Crippen LogP) is 7.47. The molecule has 4 atom stereocenters. The first kappa shape index (κ1) is 30.7. The van der Waals surface area contributed by atoms with E-state index in [1.54, 1.807) is 19.9 Å². The van der Waals surface area contributed by atoms with Crippen LogP contribution in [0.2, 0.25) is 10.0 Å². The highest BCUT2D eigenvalue weighted by molar-refractivity contribution is 7.89. The SMILES string of the molecule is C=CC[C@@]1(C)C[C@H](c2cccc(Cl)c2)[C@@H](c2ccc(Cl)cc2)N(C(CC)CN(CC)S(=O)(=O)C(C)C)C1=O. The number of benzene rings is 2. The second-order valence-corrected chi connectivity index (χ2v) is 14.1. The largest absolute Gasteiger partial charge is 0.330 e. The van der Waals surface area contributed by atoms with Gasteiger partial charge in [-0.1, -0.05) is 74.3 Å². The molecule has 3 rings (SSSR count). The van der Waals surface area contributed by atoms with E-state index in [-0.39, 0.29) is 30.5 Å². The van der Waals surface area contributed by atoms with Crippen LogP contribution < -0.4 is 0 Å². The summed E-state index contributed by atoms with van der Waals surface area (Å²) in [5.74, 6) is -0.0520. The van der Waals surface area contributed by atoms with E-state index in [0.717, 1.165) is 11.1 Å². The average Bonchev–Trinajstić information content (AvgIpc) is 2.87. The van der Waals surface area contributed by atoms with Crippen LogP contribution in [0.5, 0.6) is 0 Å². The van der Waals surface area contributed by atoms with Crippen molar-refractivity contribution in [2.45, 2.75) is 77.1 Å². The van der Waals surface area contributed by atoms with Crippen molar-refractivity contribution in [2.75, 3.05) is 13.1 Å². The number of likely N-dealkylation sites (N-methyl/N-ethyl adjacent to an activating group) is 1. The molecule has 1 aliphatic rings. The van der Waals surface area contributed by atoms with E-state index in [1.807, 2.05) is 68.1 Å². The minimum atomic E-state index is -3.50. The lowest BCUT2D eigenvalue weighted by atomic mass is 9.67. The monoisotopic (exact) mass is 578 g/mol. The van der Waals surface area contributed by atoms with Gasteiger partial charge in [-0.05, 0) is 68.5 Å². The Morgan fingerprint density at radius 1 is 1.11 bits per heavy atom. The second-order valence-electron chi connectivity index (χ2n) is 10.7. The third-order valence-corrected chi connectivity index (χ3v) is 10.6. The number of rotatable bonds is 11. The summed E-state index contributed by atoms with van der Waals surface area (Å²) in [6.45, 7) is 13.8. The molecule has 0 spiro atoms. The second kappa shape index (κ2) is 12.5. The molecule has 1 aliphatic heterocycles. The van der Waals surface area contributed by atoms with Crippen molar-refractivity contribution in [3.63, 3.8) is 0 Å². The Kier molecular flexibility index (Phi) is 10.1. The number of likely N-dealkylation sites (tertiary alicyclic amines) is 1. The molecular formula is C30H40Cl2N2O3S. The van der Waals surface area contributed by atoms with Crippen LogP contribution in [-0.4, -0.2) is 47.9 Å². The van der Waals surface area contributed by atoms with E-state index in [9.17, 15) is 13.2 Å². The normalized spacial score (nSPS) is 23.2.